The molecule has 0 saturated carbocycles. The number of anilines is 1. The van der Waals surface area contributed by atoms with Crippen molar-refractivity contribution in [2.45, 2.75) is 32.9 Å². The topological polar surface area (TPSA) is 106 Å². The van der Waals surface area contributed by atoms with Crippen molar-refractivity contribution in [1.29, 1.82) is 0 Å². The molecule has 0 spiro atoms. The fourth-order valence-electron chi connectivity index (χ4n) is 3.95. The van der Waals surface area contributed by atoms with Crippen LogP contribution in [0.25, 0.3) is 11.0 Å². The summed E-state index contributed by atoms with van der Waals surface area (Å²) >= 11 is 1.40. The number of aromatic nitrogens is 3. The molecule has 0 aliphatic rings. The molecule has 2 amide bonds. The fourth-order valence-corrected chi connectivity index (χ4v) is 4.77. The fraction of sp³-hybridized carbons (Fsp3) is 0.296. The second-order valence-corrected chi connectivity index (χ2v) is 9.91. The van der Waals surface area contributed by atoms with Gasteiger partial charge in [0.05, 0.1) is 18.2 Å². The van der Waals surface area contributed by atoms with Crippen molar-refractivity contribution in [2.24, 2.45) is 5.92 Å². The van der Waals surface area contributed by atoms with Crippen LogP contribution in [-0.2, 0) is 20.9 Å². The maximum Gasteiger partial charge on any atom is 0.337 e. The van der Waals surface area contributed by atoms with Gasteiger partial charge in [0, 0.05) is 17.1 Å². The summed E-state index contributed by atoms with van der Waals surface area (Å²) in [5.41, 5.74) is 2.20. The summed E-state index contributed by atoms with van der Waals surface area (Å²) < 4.78 is 6.33. The van der Waals surface area contributed by atoms with Gasteiger partial charge in [0.2, 0.25) is 11.8 Å². The average Bonchev–Trinajstić information content (AvgIpc) is 3.57. The Hall–Kier alpha value is -4.05. The predicted octanol–water partition coefficient (Wildman–Crippen LogP) is 4.22. The van der Waals surface area contributed by atoms with Gasteiger partial charge in [-0.15, -0.1) is 16.4 Å². The summed E-state index contributed by atoms with van der Waals surface area (Å²) in [5.74, 6) is -0.694. The van der Waals surface area contributed by atoms with E-state index in [1.54, 1.807) is 24.3 Å². The van der Waals surface area contributed by atoms with E-state index in [0.29, 0.717) is 34.7 Å². The van der Waals surface area contributed by atoms with E-state index in [1.165, 1.54) is 28.0 Å². The number of carbonyl (C=O) groups is 3. The number of rotatable bonds is 10. The highest BCUT2D eigenvalue weighted by atomic mass is 32.1. The standard InChI is InChI=1S/C27H29N5O4S/c1-18(2)14-15-28-26(34)25(23-9-6-16-37-23)32(20-12-10-19(11-13-20)27(35)36-3)24(33)17-31-22-8-5-4-7-21(22)29-30-31/h4-13,16,18,25H,14-15,17H2,1-3H3,(H,28,34)/t25-/m0/s1. The molecule has 10 heteroatoms. The molecule has 4 rings (SSSR count). The molecule has 0 radical (unpaired) electrons. The highest BCUT2D eigenvalue weighted by Crippen LogP contribution is 2.31. The van der Waals surface area contributed by atoms with Crippen LogP contribution >= 0.6 is 11.3 Å². The second-order valence-electron chi connectivity index (χ2n) is 8.93. The van der Waals surface area contributed by atoms with Crippen LogP contribution in [0.4, 0.5) is 5.69 Å². The van der Waals surface area contributed by atoms with E-state index in [9.17, 15) is 14.4 Å². The third-order valence-electron chi connectivity index (χ3n) is 5.88. The SMILES string of the molecule is COC(=O)c1ccc(N(C(=O)Cn2nnc3ccccc32)[C@H](C(=O)NCCC(C)C)c2cccs2)cc1. The summed E-state index contributed by atoms with van der Waals surface area (Å²) in [6.45, 7) is 4.55. The van der Waals surface area contributed by atoms with Gasteiger partial charge in [0.1, 0.15) is 18.1 Å². The van der Waals surface area contributed by atoms with Gasteiger partial charge in [-0.05, 0) is 60.2 Å². The Morgan fingerprint density at radius 2 is 1.81 bits per heavy atom. The molecule has 0 bridgehead atoms. The van der Waals surface area contributed by atoms with Crippen LogP contribution in [0.15, 0.2) is 66.0 Å². The lowest BCUT2D eigenvalue weighted by atomic mass is 10.1. The quantitative estimate of drug-likeness (QED) is 0.315. The Morgan fingerprint density at radius 1 is 1.05 bits per heavy atom. The van der Waals surface area contributed by atoms with Crippen molar-refractivity contribution < 1.29 is 19.1 Å². The van der Waals surface area contributed by atoms with Crippen molar-refractivity contribution in [2.75, 3.05) is 18.6 Å². The van der Waals surface area contributed by atoms with E-state index >= 15 is 0 Å². The van der Waals surface area contributed by atoms with Crippen LogP contribution in [0, 0.1) is 5.92 Å². The molecule has 4 aromatic rings. The van der Waals surface area contributed by atoms with Crippen LogP contribution < -0.4 is 10.2 Å². The molecule has 37 heavy (non-hydrogen) atoms. The number of methoxy groups -OCH3 is 1. The highest BCUT2D eigenvalue weighted by molar-refractivity contribution is 7.10. The second kappa shape index (κ2) is 11.8. The number of carbonyl (C=O) groups excluding carboxylic acids is 3. The number of amides is 2. The number of fused-ring (bicyclic) bond motifs is 1. The first kappa shape index (κ1) is 26.0. The molecular formula is C27H29N5O4S. The smallest absolute Gasteiger partial charge is 0.337 e. The largest absolute Gasteiger partial charge is 0.465 e. The van der Waals surface area contributed by atoms with Crippen molar-refractivity contribution >= 4 is 45.8 Å². The van der Waals surface area contributed by atoms with Crippen LogP contribution in [0.3, 0.4) is 0 Å². The van der Waals surface area contributed by atoms with Gasteiger partial charge in [-0.25, -0.2) is 9.48 Å². The lowest BCUT2D eigenvalue weighted by Crippen LogP contribution is -2.45. The van der Waals surface area contributed by atoms with Crippen LogP contribution in [0.5, 0.6) is 0 Å². The van der Waals surface area contributed by atoms with Gasteiger partial charge in [-0.2, -0.15) is 0 Å². The van der Waals surface area contributed by atoms with Gasteiger partial charge in [0.25, 0.3) is 0 Å². The minimum Gasteiger partial charge on any atom is -0.465 e. The summed E-state index contributed by atoms with van der Waals surface area (Å²) in [7, 11) is 1.31. The van der Waals surface area contributed by atoms with Gasteiger partial charge in [-0.3, -0.25) is 14.5 Å². The molecule has 0 saturated heterocycles. The predicted molar refractivity (Wildman–Crippen MR) is 142 cm³/mol. The molecular weight excluding hydrogens is 490 g/mol. The zero-order chi connectivity index (χ0) is 26.4. The van der Waals surface area contributed by atoms with Gasteiger partial charge >= 0.3 is 5.97 Å². The van der Waals surface area contributed by atoms with E-state index in [2.05, 4.69) is 29.5 Å². The van der Waals surface area contributed by atoms with E-state index in [-0.39, 0.29) is 18.4 Å². The van der Waals surface area contributed by atoms with Gasteiger partial charge < -0.3 is 10.1 Å². The lowest BCUT2D eigenvalue weighted by Gasteiger charge is -2.31. The number of ether oxygens (including phenoxy) is 1. The molecule has 1 atom stereocenters. The third kappa shape index (κ3) is 6.03. The third-order valence-corrected chi connectivity index (χ3v) is 6.81. The Bertz CT molecular complexity index is 1370. The molecule has 2 aromatic carbocycles. The Balaban J connectivity index is 1.73. The minimum absolute atomic E-state index is 0.125. The summed E-state index contributed by atoms with van der Waals surface area (Å²) in [6.07, 6.45) is 0.815. The summed E-state index contributed by atoms with van der Waals surface area (Å²) in [4.78, 5) is 41.7. The number of hydrogen-bond acceptors (Lipinski definition) is 7. The van der Waals surface area contributed by atoms with Crippen molar-refractivity contribution in [3.8, 4) is 0 Å². The van der Waals surface area contributed by atoms with Crippen molar-refractivity contribution in [3.05, 3.63) is 76.5 Å². The molecule has 192 valence electrons. The van der Waals surface area contributed by atoms with Gasteiger partial charge in [-0.1, -0.05) is 37.3 Å². The number of esters is 1. The Morgan fingerprint density at radius 3 is 2.49 bits per heavy atom. The molecule has 1 N–H and O–H groups in total. The molecule has 0 unspecified atom stereocenters. The van der Waals surface area contributed by atoms with Crippen LogP contribution in [0.1, 0.15) is 41.5 Å². The summed E-state index contributed by atoms with van der Waals surface area (Å²) in [6, 6.07) is 16.6. The first-order valence-electron chi connectivity index (χ1n) is 12.0. The van der Waals surface area contributed by atoms with Crippen molar-refractivity contribution in [3.63, 3.8) is 0 Å². The van der Waals surface area contributed by atoms with E-state index < -0.39 is 12.0 Å². The zero-order valence-electron chi connectivity index (χ0n) is 21.0. The first-order valence-corrected chi connectivity index (χ1v) is 12.9. The maximum atomic E-state index is 13.9. The number of benzene rings is 2. The molecule has 0 aliphatic carbocycles. The molecule has 9 nitrogen and oxygen atoms in total. The molecule has 2 aromatic heterocycles. The minimum atomic E-state index is -0.904. The monoisotopic (exact) mass is 519 g/mol. The van der Waals surface area contributed by atoms with Crippen LogP contribution in [-0.4, -0.2) is 46.4 Å². The number of thiophene rings is 1. The van der Waals surface area contributed by atoms with Gasteiger partial charge in [0.15, 0.2) is 0 Å². The number of hydrogen-bond donors (Lipinski definition) is 1. The maximum absolute atomic E-state index is 13.9. The number of nitrogens with one attached hydrogen (secondary N) is 1. The molecule has 0 aliphatic heterocycles. The lowest BCUT2D eigenvalue weighted by molar-refractivity contribution is -0.126. The van der Waals surface area contributed by atoms with Crippen molar-refractivity contribution in [1.82, 2.24) is 20.3 Å². The van der Waals surface area contributed by atoms with Crippen LogP contribution in [0.2, 0.25) is 0 Å². The number of para-hydroxylation sites is 1. The Kier molecular flexibility index (Phi) is 8.29. The molecule has 0 fully saturated rings. The Labute approximate surface area is 219 Å². The highest BCUT2D eigenvalue weighted by Gasteiger charge is 2.34. The van der Waals surface area contributed by atoms with E-state index in [1.807, 2.05) is 41.8 Å². The molecule has 2 heterocycles. The summed E-state index contributed by atoms with van der Waals surface area (Å²) in [5, 5.41) is 13.2. The normalized spacial score (nSPS) is 11.9. The first-order chi connectivity index (χ1) is 17.9. The average molecular weight is 520 g/mol. The van der Waals surface area contributed by atoms with E-state index in [0.717, 1.165) is 11.3 Å². The van der Waals surface area contributed by atoms with E-state index in [4.69, 9.17) is 4.74 Å². The zero-order valence-corrected chi connectivity index (χ0v) is 21.8. The number of nitrogens with zero attached hydrogens (tertiary/aromatic N) is 4.